The molecular formula is C8H17NO3. The van der Waals surface area contributed by atoms with E-state index in [1.165, 1.54) is 0 Å². The van der Waals surface area contributed by atoms with Crippen LogP contribution in [-0.4, -0.2) is 22.4 Å². The molecule has 0 saturated carbocycles. The molecule has 0 atom stereocenters. The molecule has 0 heterocycles. The lowest BCUT2D eigenvalue weighted by molar-refractivity contribution is -0.113. The Labute approximate surface area is 72.7 Å². The first kappa shape index (κ1) is 13.7. The first-order chi connectivity index (χ1) is 5.54. The average molecular weight is 175 g/mol. The predicted octanol–water partition coefficient (Wildman–Crippen LogP) is 0.145. The lowest BCUT2D eigenvalue weighted by Crippen LogP contribution is -2.04. The molecule has 0 rings (SSSR count). The van der Waals surface area contributed by atoms with Gasteiger partial charge in [0.1, 0.15) is 0 Å². The largest absolute Gasteiger partial charge is 0.368 e. The minimum Gasteiger partial charge on any atom is -0.368 e. The molecule has 0 saturated heterocycles. The molecule has 0 unspecified atom stereocenters. The first-order valence-corrected chi connectivity index (χ1v) is 3.82. The minimum absolute atomic E-state index is 0.481. The molecule has 0 radical (unpaired) electrons. The molecule has 4 N–H and O–H groups in total. The van der Waals surface area contributed by atoms with Crippen LogP contribution in [0, 0.1) is 0 Å². The van der Waals surface area contributed by atoms with Crippen molar-refractivity contribution < 1.29 is 15.0 Å². The molecule has 0 aliphatic heterocycles. The van der Waals surface area contributed by atoms with E-state index in [2.05, 4.69) is 12.3 Å². The van der Waals surface area contributed by atoms with Crippen molar-refractivity contribution >= 4 is 5.91 Å². The Morgan fingerprint density at radius 1 is 1.67 bits per heavy atom. The monoisotopic (exact) mass is 175 g/mol. The number of carbonyl (C=O) groups is 1. The van der Waals surface area contributed by atoms with Crippen molar-refractivity contribution in [1.29, 1.82) is 0 Å². The zero-order valence-electron chi connectivity index (χ0n) is 7.36. The molecule has 0 fully saturated rings. The summed E-state index contributed by atoms with van der Waals surface area (Å²) in [5, 5.41) is 16.5. The number of hydrogen-bond acceptors (Lipinski definition) is 3. The van der Waals surface area contributed by atoms with Gasteiger partial charge in [0.25, 0.3) is 0 Å². The molecule has 4 heteroatoms. The van der Waals surface area contributed by atoms with Crippen LogP contribution in [0.3, 0.4) is 0 Å². The summed E-state index contributed by atoms with van der Waals surface area (Å²) in [4.78, 5) is 9.47. The second-order valence-corrected chi connectivity index (χ2v) is 2.23. The van der Waals surface area contributed by atoms with Crippen LogP contribution >= 0.6 is 0 Å². The predicted molar refractivity (Wildman–Crippen MR) is 47.1 cm³/mol. The van der Waals surface area contributed by atoms with E-state index in [0.717, 1.165) is 18.9 Å². The van der Waals surface area contributed by atoms with Crippen LogP contribution in [0.25, 0.3) is 0 Å². The van der Waals surface area contributed by atoms with Crippen LogP contribution in [-0.2, 0) is 4.79 Å². The van der Waals surface area contributed by atoms with E-state index in [-0.39, 0.29) is 0 Å². The van der Waals surface area contributed by atoms with E-state index >= 15 is 0 Å². The van der Waals surface area contributed by atoms with Gasteiger partial charge in [-0.3, -0.25) is 4.79 Å². The zero-order chi connectivity index (χ0) is 9.98. The summed E-state index contributed by atoms with van der Waals surface area (Å²) in [7, 11) is 0. The molecule has 1 amide bonds. The number of rotatable bonds is 4. The Morgan fingerprint density at radius 2 is 2.08 bits per heavy atom. The number of nitrogens with two attached hydrogens (primary N) is 1. The van der Waals surface area contributed by atoms with Crippen molar-refractivity contribution in [3.63, 3.8) is 0 Å². The van der Waals surface area contributed by atoms with Gasteiger partial charge in [-0.15, -0.1) is 0 Å². The standard InChI is InChI=1S/C5H12O2.C3H5NO/c1-2-3-4-5(6)7;1-2-3(4)5/h5-7H,2-4H2,1H3;2H,1H2,(H2,4,5). The molecule has 0 aromatic rings. The highest BCUT2D eigenvalue weighted by Crippen LogP contribution is 1.95. The van der Waals surface area contributed by atoms with Crippen molar-refractivity contribution in [3.8, 4) is 0 Å². The summed E-state index contributed by atoms with van der Waals surface area (Å²) in [6.07, 6.45) is 2.39. The topological polar surface area (TPSA) is 83.6 Å². The number of primary amides is 1. The van der Waals surface area contributed by atoms with E-state index in [4.69, 9.17) is 10.2 Å². The quantitative estimate of drug-likeness (QED) is 0.420. The Balaban J connectivity index is 0. The van der Waals surface area contributed by atoms with Crippen molar-refractivity contribution in [2.75, 3.05) is 0 Å². The molecule has 12 heavy (non-hydrogen) atoms. The summed E-state index contributed by atoms with van der Waals surface area (Å²) in [5.74, 6) is -0.481. The average Bonchev–Trinajstić information content (AvgIpc) is 2.02. The molecule has 0 bridgehead atoms. The summed E-state index contributed by atoms with van der Waals surface area (Å²) < 4.78 is 0. The maximum atomic E-state index is 9.47. The van der Waals surface area contributed by atoms with Gasteiger partial charge in [0, 0.05) is 0 Å². The third-order valence-corrected chi connectivity index (χ3v) is 1.02. The Bertz CT molecular complexity index is 123. The Morgan fingerprint density at radius 3 is 2.17 bits per heavy atom. The highest BCUT2D eigenvalue weighted by atomic mass is 16.5. The van der Waals surface area contributed by atoms with Crippen LogP contribution in [0.1, 0.15) is 26.2 Å². The van der Waals surface area contributed by atoms with Crippen LogP contribution < -0.4 is 5.73 Å². The third-order valence-electron chi connectivity index (χ3n) is 1.02. The van der Waals surface area contributed by atoms with E-state index in [1.807, 2.05) is 6.92 Å². The van der Waals surface area contributed by atoms with Crippen LogP contribution in [0.15, 0.2) is 12.7 Å². The van der Waals surface area contributed by atoms with Crippen LogP contribution in [0.4, 0.5) is 0 Å². The highest BCUT2D eigenvalue weighted by Gasteiger charge is 1.92. The van der Waals surface area contributed by atoms with Gasteiger partial charge in [-0.05, 0) is 18.9 Å². The third kappa shape index (κ3) is 22.9. The molecule has 0 aliphatic carbocycles. The van der Waals surface area contributed by atoms with Crippen LogP contribution in [0.5, 0.6) is 0 Å². The fraction of sp³-hybridized carbons (Fsp3) is 0.625. The summed E-state index contributed by atoms with van der Waals surface area (Å²) in [6, 6.07) is 0. The number of aliphatic hydroxyl groups excluding tert-OH is 1. The lowest BCUT2D eigenvalue weighted by Gasteiger charge is -1.97. The SMILES string of the molecule is C=CC(N)=O.CCCCC(O)O. The van der Waals surface area contributed by atoms with Gasteiger partial charge in [0.2, 0.25) is 5.91 Å². The van der Waals surface area contributed by atoms with Crippen molar-refractivity contribution in [3.05, 3.63) is 12.7 Å². The smallest absolute Gasteiger partial charge is 0.240 e. The molecule has 72 valence electrons. The van der Waals surface area contributed by atoms with E-state index in [0.29, 0.717) is 6.42 Å². The van der Waals surface area contributed by atoms with Crippen molar-refractivity contribution in [2.24, 2.45) is 5.73 Å². The van der Waals surface area contributed by atoms with Gasteiger partial charge in [-0.1, -0.05) is 19.9 Å². The van der Waals surface area contributed by atoms with E-state index in [9.17, 15) is 4.79 Å². The minimum atomic E-state index is -1.10. The molecule has 4 nitrogen and oxygen atoms in total. The molecule has 0 aromatic heterocycles. The zero-order valence-corrected chi connectivity index (χ0v) is 7.36. The number of aliphatic hydroxyl groups is 2. The van der Waals surface area contributed by atoms with Gasteiger partial charge >= 0.3 is 0 Å². The number of carbonyl (C=O) groups excluding carboxylic acids is 1. The van der Waals surface area contributed by atoms with Crippen LogP contribution in [0.2, 0.25) is 0 Å². The maximum Gasteiger partial charge on any atom is 0.240 e. The lowest BCUT2D eigenvalue weighted by atomic mass is 10.2. The molecule has 0 aromatic carbocycles. The second-order valence-electron chi connectivity index (χ2n) is 2.23. The Kier molecular flexibility index (Phi) is 11.6. The van der Waals surface area contributed by atoms with E-state index in [1.54, 1.807) is 0 Å². The van der Waals surface area contributed by atoms with Crippen molar-refractivity contribution in [2.45, 2.75) is 32.5 Å². The number of unbranched alkanes of at least 4 members (excludes halogenated alkanes) is 1. The maximum absolute atomic E-state index is 9.47. The van der Waals surface area contributed by atoms with Gasteiger partial charge in [-0.25, -0.2) is 0 Å². The second kappa shape index (κ2) is 10.1. The summed E-state index contributed by atoms with van der Waals surface area (Å²) >= 11 is 0. The summed E-state index contributed by atoms with van der Waals surface area (Å²) in [6.45, 7) is 5.10. The van der Waals surface area contributed by atoms with Gasteiger partial charge in [-0.2, -0.15) is 0 Å². The van der Waals surface area contributed by atoms with E-state index < -0.39 is 12.2 Å². The van der Waals surface area contributed by atoms with Gasteiger partial charge < -0.3 is 15.9 Å². The molecular weight excluding hydrogens is 158 g/mol. The highest BCUT2D eigenvalue weighted by molar-refractivity contribution is 5.84. The number of amides is 1. The fourth-order valence-electron chi connectivity index (χ4n) is 0.387. The first-order valence-electron chi connectivity index (χ1n) is 3.82. The van der Waals surface area contributed by atoms with Gasteiger partial charge in [0.15, 0.2) is 6.29 Å². The number of hydrogen-bond donors (Lipinski definition) is 3. The van der Waals surface area contributed by atoms with Gasteiger partial charge in [0.05, 0.1) is 0 Å². The fourth-order valence-corrected chi connectivity index (χ4v) is 0.387. The molecule has 0 spiro atoms. The molecule has 0 aliphatic rings. The summed E-state index contributed by atoms with van der Waals surface area (Å²) in [5.41, 5.74) is 4.53. The van der Waals surface area contributed by atoms with Crippen molar-refractivity contribution in [1.82, 2.24) is 0 Å². The normalized spacial score (nSPS) is 8.67. The Hall–Kier alpha value is -0.870.